The number of aliphatic imine (C=N–C) groups is 1. The van der Waals surface area contributed by atoms with Gasteiger partial charge >= 0.3 is 5.97 Å². The van der Waals surface area contributed by atoms with Gasteiger partial charge in [-0.1, -0.05) is 42.5 Å². The number of aliphatic carboxylic acids is 1. The summed E-state index contributed by atoms with van der Waals surface area (Å²) in [5.74, 6) is -0.260. The zero-order chi connectivity index (χ0) is 19.0. The number of nitrogens with one attached hydrogen (secondary N) is 2. The Labute approximate surface area is 158 Å². The van der Waals surface area contributed by atoms with E-state index >= 15 is 0 Å². The van der Waals surface area contributed by atoms with Crippen molar-refractivity contribution in [1.29, 1.82) is 0 Å². The number of hydrogen-bond donors (Lipinski definition) is 3. The van der Waals surface area contributed by atoms with Crippen LogP contribution in [0.25, 0.3) is 10.9 Å². The highest BCUT2D eigenvalue weighted by atomic mass is 16.4. The van der Waals surface area contributed by atoms with E-state index in [1.807, 2.05) is 48.7 Å². The van der Waals surface area contributed by atoms with Crippen molar-refractivity contribution >= 4 is 22.7 Å². The third-order valence-electron chi connectivity index (χ3n) is 5.02. The van der Waals surface area contributed by atoms with Crippen molar-refractivity contribution in [3.63, 3.8) is 0 Å². The number of H-pyrrole nitrogens is 1. The summed E-state index contributed by atoms with van der Waals surface area (Å²) in [6.07, 6.45) is 3.10. The molecule has 0 unspecified atom stereocenters. The fourth-order valence-electron chi connectivity index (χ4n) is 3.77. The molecule has 0 spiro atoms. The normalized spacial score (nSPS) is 18.1. The lowest BCUT2D eigenvalue weighted by Gasteiger charge is -2.35. The van der Waals surface area contributed by atoms with Gasteiger partial charge in [-0.2, -0.15) is 0 Å². The second kappa shape index (κ2) is 6.58. The number of benzene rings is 2. The second-order valence-corrected chi connectivity index (χ2v) is 7.74. The van der Waals surface area contributed by atoms with Crippen LogP contribution in [-0.2, 0) is 17.6 Å². The quantitative estimate of drug-likeness (QED) is 0.665. The lowest BCUT2D eigenvalue weighted by molar-refractivity contribution is -0.138. The molecule has 3 aromatic rings. The Balaban J connectivity index is 1.72. The molecule has 0 saturated heterocycles. The van der Waals surface area contributed by atoms with Crippen molar-refractivity contribution in [3.05, 3.63) is 71.4 Å². The van der Waals surface area contributed by atoms with Gasteiger partial charge in [-0.05, 0) is 37.5 Å². The SMILES string of the molecule is CC1(C)Cc2ccccc2C(=N[C@H](Cc2c[nH]c3ccccc23)C(=O)O)N1. The molecule has 0 fully saturated rings. The summed E-state index contributed by atoms with van der Waals surface area (Å²) < 4.78 is 0. The van der Waals surface area contributed by atoms with Crippen LogP contribution in [0.2, 0.25) is 0 Å². The molecular formula is C22H23N3O2. The van der Waals surface area contributed by atoms with Crippen LogP contribution >= 0.6 is 0 Å². The van der Waals surface area contributed by atoms with E-state index in [0.29, 0.717) is 12.3 Å². The Kier molecular flexibility index (Phi) is 4.22. The van der Waals surface area contributed by atoms with E-state index in [0.717, 1.165) is 28.5 Å². The van der Waals surface area contributed by atoms with Crippen molar-refractivity contribution in [2.45, 2.75) is 38.3 Å². The van der Waals surface area contributed by atoms with E-state index in [2.05, 4.69) is 35.2 Å². The molecule has 0 amide bonds. The van der Waals surface area contributed by atoms with Crippen molar-refractivity contribution in [1.82, 2.24) is 10.3 Å². The molecule has 1 atom stereocenters. The Morgan fingerprint density at radius 3 is 2.74 bits per heavy atom. The molecule has 1 aliphatic rings. The van der Waals surface area contributed by atoms with Gasteiger partial charge in [0, 0.05) is 34.6 Å². The largest absolute Gasteiger partial charge is 0.480 e. The van der Waals surface area contributed by atoms with Crippen LogP contribution in [0.15, 0.2) is 59.7 Å². The first-order valence-corrected chi connectivity index (χ1v) is 9.15. The second-order valence-electron chi connectivity index (χ2n) is 7.74. The van der Waals surface area contributed by atoms with Crippen molar-refractivity contribution in [3.8, 4) is 0 Å². The number of carbonyl (C=O) groups is 1. The van der Waals surface area contributed by atoms with Gasteiger partial charge < -0.3 is 15.4 Å². The molecule has 138 valence electrons. The van der Waals surface area contributed by atoms with E-state index in [1.165, 1.54) is 5.56 Å². The van der Waals surface area contributed by atoms with Gasteiger partial charge in [0.25, 0.3) is 0 Å². The summed E-state index contributed by atoms with van der Waals surface area (Å²) in [6.45, 7) is 4.21. The number of fused-ring (bicyclic) bond motifs is 2. The van der Waals surface area contributed by atoms with Crippen LogP contribution < -0.4 is 5.32 Å². The number of amidine groups is 1. The summed E-state index contributed by atoms with van der Waals surface area (Å²) >= 11 is 0. The Bertz CT molecular complexity index is 1030. The Morgan fingerprint density at radius 2 is 1.93 bits per heavy atom. The first-order valence-electron chi connectivity index (χ1n) is 9.15. The lowest BCUT2D eigenvalue weighted by Crippen LogP contribution is -2.50. The third-order valence-corrected chi connectivity index (χ3v) is 5.02. The third kappa shape index (κ3) is 3.45. The number of rotatable bonds is 4. The molecule has 3 N–H and O–H groups in total. The summed E-state index contributed by atoms with van der Waals surface area (Å²) in [5.41, 5.74) is 3.98. The average Bonchev–Trinajstić information content (AvgIpc) is 3.03. The van der Waals surface area contributed by atoms with Gasteiger partial charge in [0.1, 0.15) is 5.84 Å². The van der Waals surface area contributed by atoms with Crippen molar-refractivity contribution in [2.24, 2.45) is 4.99 Å². The Hall–Kier alpha value is -3.08. The molecule has 4 rings (SSSR count). The number of nitrogens with zero attached hydrogens (tertiary/aromatic N) is 1. The molecule has 0 saturated carbocycles. The number of hydrogen-bond acceptors (Lipinski definition) is 2. The summed E-state index contributed by atoms with van der Waals surface area (Å²) in [5, 5.41) is 14.3. The first kappa shape index (κ1) is 17.3. The number of carboxylic acids is 1. The fourth-order valence-corrected chi connectivity index (χ4v) is 3.77. The molecule has 2 aromatic carbocycles. The van der Waals surface area contributed by atoms with Gasteiger partial charge in [0.2, 0.25) is 0 Å². The van der Waals surface area contributed by atoms with Gasteiger partial charge in [-0.15, -0.1) is 0 Å². The predicted octanol–water partition coefficient (Wildman–Crippen LogP) is 3.53. The average molecular weight is 361 g/mol. The molecular weight excluding hydrogens is 338 g/mol. The maximum atomic E-state index is 12.0. The highest BCUT2D eigenvalue weighted by Gasteiger charge is 2.30. The smallest absolute Gasteiger partial charge is 0.328 e. The maximum Gasteiger partial charge on any atom is 0.328 e. The number of aromatic nitrogens is 1. The van der Waals surface area contributed by atoms with Crippen molar-refractivity contribution < 1.29 is 9.90 Å². The topological polar surface area (TPSA) is 77.5 Å². The summed E-state index contributed by atoms with van der Waals surface area (Å²) in [7, 11) is 0. The van der Waals surface area contributed by atoms with Gasteiger partial charge in [0.15, 0.2) is 6.04 Å². The van der Waals surface area contributed by atoms with E-state index in [1.54, 1.807) is 0 Å². The minimum absolute atomic E-state index is 0.170. The van der Waals surface area contributed by atoms with Gasteiger partial charge in [-0.25, -0.2) is 4.79 Å². The fraction of sp³-hybridized carbons (Fsp3) is 0.273. The number of carboxylic acid groups (broad SMARTS) is 1. The molecule has 0 radical (unpaired) electrons. The predicted molar refractivity (Wildman–Crippen MR) is 107 cm³/mol. The zero-order valence-electron chi connectivity index (χ0n) is 15.5. The first-order chi connectivity index (χ1) is 12.9. The molecule has 1 aliphatic heterocycles. The molecule has 5 heteroatoms. The molecule has 0 aliphatic carbocycles. The molecule has 1 aromatic heterocycles. The summed E-state index contributed by atoms with van der Waals surface area (Å²) in [4.78, 5) is 19.8. The summed E-state index contributed by atoms with van der Waals surface area (Å²) in [6, 6.07) is 15.1. The van der Waals surface area contributed by atoms with Crippen LogP contribution in [0.5, 0.6) is 0 Å². The van der Waals surface area contributed by atoms with E-state index in [9.17, 15) is 9.90 Å². The molecule has 5 nitrogen and oxygen atoms in total. The Morgan fingerprint density at radius 1 is 1.19 bits per heavy atom. The number of para-hydroxylation sites is 1. The minimum atomic E-state index is -0.921. The van der Waals surface area contributed by atoms with E-state index < -0.39 is 12.0 Å². The van der Waals surface area contributed by atoms with Crippen molar-refractivity contribution in [2.75, 3.05) is 0 Å². The van der Waals surface area contributed by atoms with Crippen LogP contribution in [-0.4, -0.2) is 33.5 Å². The minimum Gasteiger partial charge on any atom is -0.480 e. The highest BCUT2D eigenvalue weighted by molar-refractivity contribution is 6.02. The monoisotopic (exact) mass is 361 g/mol. The molecule has 0 bridgehead atoms. The maximum absolute atomic E-state index is 12.0. The number of aromatic amines is 1. The van der Waals surface area contributed by atoms with Crippen LogP contribution in [0.3, 0.4) is 0 Å². The highest BCUT2D eigenvalue weighted by Crippen LogP contribution is 2.25. The van der Waals surface area contributed by atoms with Gasteiger partial charge in [-0.3, -0.25) is 4.99 Å². The lowest BCUT2D eigenvalue weighted by atomic mass is 9.87. The molecule has 27 heavy (non-hydrogen) atoms. The van der Waals surface area contributed by atoms with E-state index in [4.69, 9.17) is 0 Å². The van der Waals surface area contributed by atoms with Gasteiger partial charge in [0.05, 0.1) is 0 Å². The standard InChI is InChI=1S/C22H23N3O2/c1-22(2)12-14-7-3-4-9-17(14)20(25-22)24-19(21(26)27)11-15-13-23-18-10-6-5-8-16(15)18/h3-10,13,19,23H,11-12H2,1-2H3,(H,24,25)(H,26,27)/t19-/m1/s1. The zero-order valence-corrected chi connectivity index (χ0v) is 15.5. The van der Waals surface area contributed by atoms with Crippen LogP contribution in [0.4, 0.5) is 0 Å². The van der Waals surface area contributed by atoms with Crippen LogP contribution in [0.1, 0.15) is 30.5 Å². The van der Waals surface area contributed by atoms with E-state index in [-0.39, 0.29) is 5.54 Å². The molecule has 2 heterocycles. The van der Waals surface area contributed by atoms with Crippen LogP contribution in [0, 0.1) is 0 Å².